The molecule has 0 radical (unpaired) electrons. The zero-order valence-electron chi connectivity index (χ0n) is 15.0. The fourth-order valence-corrected chi connectivity index (χ4v) is 5.80. The maximum absolute atomic E-state index is 12.5. The summed E-state index contributed by atoms with van der Waals surface area (Å²) < 4.78 is 50.7. The summed E-state index contributed by atoms with van der Waals surface area (Å²) in [6.07, 6.45) is -0.960. The molecule has 2 aromatic rings. The van der Waals surface area contributed by atoms with E-state index in [4.69, 9.17) is 0 Å². The first kappa shape index (κ1) is 19.7. The van der Waals surface area contributed by atoms with E-state index in [0.29, 0.717) is 11.4 Å². The molecule has 1 fully saturated rings. The van der Waals surface area contributed by atoms with E-state index in [0.717, 1.165) is 11.1 Å². The number of sulfonamides is 1. The van der Waals surface area contributed by atoms with Gasteiger partial charge in [0.05, 0.1) is 28.5 Å². The van der Waals surface area contributed by atoms with Crippen molar-refractivity contribution >= 4 is 31.2 Å². The monoisotopic (exact) mass is 410 g/mol. The molecule has 0 aliphatic carbocycles. The quantitative estimate of drug-likeness (QED) is 0.691. The Balaban J connectivity index is 1.71. The van der Waals surface area contributed by atoms with E-state index in [1.165, 1.54) is 0 Å². The van der Waals surface area contributed by atoms with Gasteiger partial charge in [0.15, 0.2) is 9.84 Å². The maximum atomic E-state index is 12.5. The first-order valence-corrected chi connectivity index (χ1v) is 11.7. The molecular weight excluding hydrogens is 388 g/mol. The highest BCUT2D eigenvalue weighted by atomic mass is 32.2. The van der Waals surface area contributed by atoms with Crippen molar-refractivity contribution in [1.82, 2.24) is 0 Å². The van der Waals surface area contributed by atoms with Crippen LogP contribution >= 0.6 is 0 Å². The zero-order chi connectivity index (χ0) is 19.8. The topological polar surface area (TPSA) is 113 Å². The van der Waals surface area contributed by atoms with E-state index in [2.05, 4.69) is 10.0 Å². The molecule has 9 heteroatoms. The molecule has 1 saturated heterocycles. The molecule has 2 atom stereocenters. The van der Waals surface area contributed by atoms with Crippen LogP contribution in [0.3, 0.4) is 0 Å². The molecule has 146 valence electrons. The van der Waals surface area contributed by atoms with Crippen LogP contribution in [0.5, 0.6) is 0 Å². The number of sulfone groups is 1. The van der Waals surface area contributed by atoms with Crippen molar-refractivity contribution in [2.75, 3.05) is 21.5 Å². The number of aliphatic hydroxyl groups is 1. The van der Waals surface area contributed by atoms with Gasteiger partial charge in [0, 0.05) is 11.4 Å². The van der Waals surface area contributed by atoms with Crippen LogP contribution in [0.15, 0.2) is 47.4 Å². The minimum Gasteiger partial charge on any atom is -0.390 e. The van der Waals surface area contributed by atoms with Crippen molar-refractivity contribution < 1.29 is 21.9 Å². The highest BCUT2D eigenvalue weighted by Crippen LogP contribution is 2.22. The second-order valence-corrected chi connectivity index (χ2v) is 10.7. The Kier molecular flexibility index (Phi) is 5.20. The van der Waals surface area contributed by atoms with Gasteiger partial charge in [0.1, 0.15) is 0 Å². The van der Waals surface area contributed by atoms with Crippen LogP contribution in [0.1, 0.15) is 11.1 Å². The van der Waals surface area contributed by atoms with E-state index in [9.17, 15) is 21.9 Å². The summed E-state index contributed by atoms with van der Waals surface area (Å²) in [6, 6.07) is 10.8. The SMILES string of the molecule is Cc1ccc(S(=O)(=O)Nc2ccc(N[C@H]3CS(=O)(=O)C[C@H]3O)cc2)cc1C. The van der Waals surface area contributed by atoms with E-state index >= 15 is 0 Å². The number of hydrogen-bond donors (Lipinski definition) is 3. The molecule has 1 aliphatic heterocycles. The summed E-state index contributed by atoms with van der Waals surface area (Å²) in [5.41, 5.74) is 2.90. The van der Waals surface area contributed by atoms with Crippen LogP contribution in [0, 0.1) is 13.8 Å². The van der Waals surface area contributed by atoms with E-state index in [1.54, 1.807) is 42.5 Å². The highest BCUT2D eigenvalue weighted by molar-refractivity contribution is 7.92. The lowest BCUT2D eigenvalue weighted by Crippen LogP contribution is -2.31. The van der Waals surface area contributed by atoms with Gasteiger partial charge in [0.2, 0.25) is 0 Å². The third-order valence-corrected chi connectivity index (χ3v) is 7.70. The minimum absolute atomic E-state index is 0.130. The predicted molar refractivity (Wildman–Crippen MR) is 105 cm³/mol. The Labute approximate surface area is 159 Å². The molecular formula is C18H22N2O5S2. The van der Waals surface area contributed by atoms with Gasteiger partial charge >= 0.3 is 0 Å². The van der Waals surface area contributed by atoms with Gasteiger partial charge in [-0.25, -0.2) is 16.8 Å². The number of aryl methyl sites for hydroxylation is 2. The lowest BCUT2D eigenvalue weighted by atomic mass is 10.1. The smallest absolute Gasteiger partial charge is 0.261 e. The molecule has 0 unspecified atom stereocenters. The lowest BCUT2D eigenvalue weighted by molar-refractivity contribution is 0.190. The van der Waals surface area contributed by atoms with Gasteiger partial charge in [-0.1, -0.05) is 6.07 Å². The summed E-state index contributed by atoms with van der Waals surface area (Å²) in [7, 11) is -6.94. The largest absolute Gasteiger partial charge is 0.390 e. The van der Waals surface area contributed by atoms with Crippen molar-refractivity contribution in [3.05, 3.63) is 53.6 Å². The zero-order valence-corrected chi connectivity index (χ0v) is 16.6. The summed E-state index contributed by atoms with van der Waals surface area (Å²) in [4.78, 5) is 0.187. The first-order chi connectivity index (χ1) is 12.6. The minimum atomic E-state index is -3.70. The molecule has 0 aromatic heterocycles. The summed E-state index contributed by atoms with van der Waals surface area (Å²) >= 11 is 0. The van der Waals surface area contributed by atoms with Crippen molar-refractivity contribution in [2.24, 2.45) is 0 Å². The molecule has 0 bridgehead atoms. The molecule has 7 nitrogen and oxygen atoms in total. The Hall–Kier alpha value is -2.10. The van der Waals surface area contributed by atoms with E-state index in [1.807, 2.05) is 13.8 Å². The lowest BCUT2D eigenvalue weighted by Gasteiger charge is -2.17. The fourth-order valence-electron chi connectivity index (χ4n) is 2.91. The molecule has 0 amide bonds. The van der Waals surface area contributed by atoms with Crippen LogP contribution in [0.4, 0.5) is 11.4 Å². The summed E-state index contributed by atoms with van der Waals surface area (Å²) in [6.45, 7) is 3.77. The third-order valence-electron chi connectivity index (χ3n) is 4.60. The van der Waals surface area contributed by atoms with Crippen LogP contribution in [-0.4, -0.2) is 45.6 Å². The molecule has 3 N–H and O–H groups in total. The molecule has 0 spiro atoms. The Morgan fingerprint density at radius 3 is 2.15 bits per heavy atom. The average molecular weight is 411 g/mol. The third kappa shape index (κ3) is 4.60. The van der Waals surface area contributed by atoms with Gasteiger partial charge < -0.3 is 10.4 Å². The van der Waals surface area contributed by atoms with Gasteiger partial charge in [-0.05, 0) is 61.4 Å². The normalized spacial score (nSPS) is 21.7. The van der Waals surface area contributed by atoms with E-state index < -0.39 is 32.0 Å². The predicted octanol–water partition coefficient (Wildman–Crippen LogP) is 1.67. The summed E-state index contributed by atoms with van der Waals surface area (Å²) in [5, 5.41) is 12.8. The standard InChI is InChI=1S/C18H22N2O5S2/c1-12-3-8-16(9-13(12)2)27(24,25)20-15-6-4-14(5-7-15)19-17-10-26(22,23)11-18(17)21/h3-9,17-21H,10-11H2,1-2H3/t17-,18+/m0/s1. The average Bonchev–Trinajstić information content (AvgIpc) is 2.83. The number of hydrogen-bond acceptors (Lipinski definition) is 6. The number of rotatable bonds is 5. The Morgan fingerprint density at radius 1 is 0.963 bits per heavy atom. The number of nitrogens with one attached hydrogen (secondary N) is 2. The van der Waals surface area contributed by atoms with Crippen molar-refractivity contribution in [1.29, 1.82) is 0 Å². The number of anilines is 2. The van der Waals surface area contributed by atoms with Gasteiger partial charge in [0.25, 0.3) is 10.0 Å². The molecule has 0 saturated carbocycles. The molecule has 3 rings (SSSR count). The van der Waals surface area contributed by atoms with Crippen LogP contribution in [-0.2, 0) is 19.9 Å². The van der Waals surface area contributed by atoms with E-state index in [-0.39, 0.29) is 16.4 Å². The van der Waals surface area contributed by atoms with Crippen molar-refractivity contribution in [3.8, 4) is 0 Å². The molecule has 1 heterocycles. The fraction of sp³-hybridized carbons (Fsp3) is 0.333. The first-order valence-electron chi connectivity index (χ1n) is 8.41. The molecule has 27 heavy (non-hydrogen) atoms. The Bertz CT molecular complexity index is 1050. The second kappa shape index (κ2) is 7.14. The number of benzene rings is 2. The Morgan fingerprint density at radius 2 is 1.59 bits per heavy atom. The highest BCUT2D eigenvalue weighted by Gasteiger charge is 2.36. The second-order valence-electron chi connectivity index (χ2n) is 6.82. The van der Waals surface area contributed by atoms with Crippen LogP contribution in [0.2, 0.25) is 0 Å². The maximum Gasteiger partial charge on any atom is 0.261 e. The molecule has 1 aliphatic rings. The van der Waals surface area contributed by atoms with Gasteiger partial charge in [-0.15, -0.1) is 0 Å². The van der Waals surface area contributed by atoms with Crippen molar-refractivity contribution in [2.45, 2.75) is 30.9 Å². The van der Waals surface area contributed by atoms with Crippen molar-refractivity contribution in [3.63, 3.8) is 0 Å². The van der Waals surface area contributed by atoms with Crippen LogP contribution < -0.4 is 10.0 Å². The number of aliphatic hydroxyl groups excluding tert-OH is 1. The van der Waals surface area contributed by atoms with Gasteiger partial charge in [-0.3, -0.25) is 4.72 Å². The van der Waals surface area contributed by atoms with Gasteiger partial charge in [-0.2, -0.15) is 0 Å². The summed E-state index contributed by atoms with van der Waals surface area (Å²) in [5.74, 6) is -0.381. The molecule has 2 aromatic carbocycles. The van der Waals surface area contributed by atoms with Crippen LogP contribution in [0.25, 0.3) is 0 Å².